The molecule has 0 spiro atoms. The van der Waals surface area contributed by atoms with Gasteiger partial charge in [-0.1, -0.05) is 146 Å². The Morgan fingerprint density at radius 1 is 0.308 bits per heavy atom. The number of benzene rings is 9. The fourth-order valence-electron chi connectivity index (χ4n) is 7.63. The number of anilines is 3. The van der Waals surface area contributed by atoms with Crippen molar-refractivity contribution in [1.82, 2.24) is 0 Å². The molecule has 52 heavy (non-hydrogen) atoms. The highest BCUT2D eigenvalue weighted by Crippen LogP contribution is 2.40. The van der Waals surface area contributed by atoms with E-state index in [4.69, 9.17) is 4.42 Å². The molecule has 0 amide bonds. The molecule has 9 aromatic carbocycles. The van der Waals surface area contributed by atoms with E-state index in [2.05, 4.69) is 199 Å². The molecule has 0 unspecified atom stereocenters. The van der Waals surface area contributed by atoms with Crippen LogP contribution in [0, 0.1) is 0 Å². The van der Waals surface area contributed by atoms with Gasteiger partial charge in [0.25, 0.3) is 0 Å². The molecular weight excluding hydrogens is 631 g/mol. The van der Waals surface area contributed by atoms with Gasteiger partial charge in [-0.05, 0) is 104 Å². The van der Waals surface area contributed by atoms with Gasteiger partial charge in [0.15, 0.2) is 0 Å². The van der Waals surface area contributed by atoms with Crippen molar-refractivity contribution < 1.29 is 4.42 Å². The lowest BCUT2D eigenvalue weighted by Crippen LogP contribution is -2.09. The summed E-state index contributed by atoms with van der Waals surface area (Å²) in [4.78, 5) is 2.33. The molecule has 1 aromatic heterocycles. The summed E-state index contributed by atoms with van der Waals surface area (Å²) in [6, 6.07) is 71.6. The highest BCUT2D eigenvalue weighted by Gasteiger charge is 2.15. The second-order valence-corrected chi connectivity index (χ2v) is 13.3. The maximum absolute atomic E-state index is 6.45. The third kappa shape index (κ3) is 5.21. The number of para-hydroxylation sites is 1. The summed E-state index contributed by atoms with van der Waals surface area (Å²) in [6.45, 7) is 0. The second kappa shape index (κ2) is 12.5. The molecule has 0 saturated heterocycles. The first kappa shape index (κ1) is 30.0. The molecule has 0 aliphatic rings. The Morgan fingerprint density at radius 2 is 0.750 bits per heavy atom. The normalized spacial score (nSPS) is 11.5. The van der Waals surface area contributed by atoms with Crippen molar-refractivity contribution in [2.75, 3.05) is 4.90 Å². The average molecular weight is 664 g/mol. The van der Waals surface area contributed by atoms with Gasteiger partial charge in [-0.25, -0.2) is 0 Å². The maximum atomic E-state index is 6.45. The molecule has 0 radical (unpaired) electrons. The number of furan rings is 1. The summed E-state index contributed by atoms with van der Waals surface area (Å²) < 4.78 is 6.45. The Kier molecular flexibility index (Phi) is 7.18. The molecular formula is C50H33NO. The standard InChI is InChI=1S/C50H33NO/c1-3-9-34(10-4-1)36-17-25-42(26-18-36)51(43-27-19-37(20-28-43)35-11-5-2-6-12-35)44-29-21-38(22-30-44)40-24-31-45-41(33-40)16-15-39-23-32-47-46-13-7-8-14-48(46)52-50(47)49(39)45/h1-33H. The van der Waals surface area contributed by atoms with E-state index in [1.165, 1.54) is 54.9 Å². The van der Waals surface area contributed by atoms with Crippen LogP contribution >= 0.6 is 0 Å². The minimum absolute atomic E-state index is 0.923. The van der Waals surface area contributed by atoms with Crippen LogP contribution in [-0.2, 0) is 0 Å². The number of hydrogen-bond acceptors (Lipinski definition) is 2. The predicted octanol–water partition coefficient (Wildman–Crippen LogP) is 14.4. The maximum Gasteiger partial charge on any atom is 0.143 e. The molecule has 2 nitrogen and oxygen atoms in total. The minimum atomic E-state index is 0.923. The van der Waals surface area contributed by atoms with Crippen LogP contribution in [0.1, 0.15) is 0 Å². The first-order chi connectivity index (χ1) is 25.8. The van der Waals surface area contributed by atoms with Crippen molar-refractivity contribution in [2.24, 2.45) is 0 Å². The number of fused-ring (bicyclic) bond motifs is 7. The zero-order valence-corrected chi connectivity index (χ0v) is 28.4. The molecule has 0 saturated carbocycles. The van der Waals surface area contributed by atoms with Gasteiger partial charge in [0.2, 0.25) is 0 Å². The first-order valence-corrected chi connectivity index (χ1v) is 17.8. The van der Waals surface area contributed by atoms with E-state index >= 15 is 0 Å². The topological polar surface area (TPSA) is 16.4 Å². The van der Waals surface area contributed by atoms with Gasteiger partial charge in [0.1, 0.15) is 11.2 Å². The zero-order valence-electron chi connectivity index (χ0n) is 28.4. The first-order valence-electron chi connectivity index (χ1n) is 17.8. The van der Waals surface area contributed by atoms with Gasteiger partial charge < -0.3 is 9.32 Å². The van der Waals surface area contributed by atoms with Crippen LogP contribution in [0.5, 0.6) is 0 Å². The van der Waals surface area contributed by atoms with Gasteiger partial charge in [-0.3, -0.25) is 0 Å². The lowest BCUT2D eigenvalue weighted by molar-refractivity contribution is 0.673. The fourth-order valence-corrected chi connectivity index (χ4v) is 7.63. The third-order valence-electron chi connectivity index (χ3n) is 10.3. The number of rotatable bonds is 6. The van der Waals surface area contributed by atoms with Gasteiger partial charge in [-0.2, -0.15) is 0 Å². The molecule has 1 heterocycles. The molecule has 2 heteroatoms. The van der Waals surface area contributed by atoms with Gasteiger partial charge in [0, 0.05) is 33.2 Å². The second-order valence-electron chi connectivity index (χ2n) is 13.3. The van der Waals surface area contributed by atoms with Crippen molar-refractivity contribution >= 4 is 60.5 Å². The van der Waals surface area contributed by atoms with Gasteiger partial charge in [-0.15, -0.1) is 0 Å². The highest BCUT2D eigenvalue weighted by atomic mass is 16.3. The van der Waals surface area contributed by atoms with Gasteiger partial charge >= 0.3 is 0 Å². The summed E-state index contributed by atoms with van der Waals surface area (Å²) in [5.74, 6) is 0. The van der Waals surface area contributed by atoms with Gasteiger partial charge in [0.05, 0.1) is 0 Å². The summed E-state index contributed by atoms with van der Waals surface area (Å²) in [6.07, 6.45) is 0. The molecule has 0 aliphatic carbocycles. The minimum Gasteiger partial charge on any atom is -0.455 e. The Bertz CT molecular complexity index is 2770. The van der Waals surface area contributed by atoms with Crippen molar-refractivity contribution in [2.45, 2.75) is 0 Å². The summed E-state index contributed by atoms with van der Waals surface area (Å²) in [5, 5.41) is 7.06. The van der Waals surface area contributed by atoms with E-state index in [1.807, 2.05) is 6.07 Å². The number of hydrogen-bond donors (Lipinski definition) is 0. The Hall–Kier alpha value is -6.90. The molecule has 244 valence electrons. The predicted molar refractivity (Wildman–Crippen MR) is 220 cm³/mol. The van der Waals surface area contributed by atoms with Crippen LogP contribution in [-0.4, -0.2) is 0 Å². The van der Waals surface area contributed by atoms with E-state index in [0.717, 1.165) is 39.0 Å². The van der Waals surface area contributed by atoms with Crippen LogP contribution in [0.4, 0.5) is 17.1 Å². The molecule has 0 aliphatic heterocycles. The van der Waals surface area contributed by atoms with E-state index < -0.39 is 0 Å². The zero-order chi connectivity index (χ0) is 34.4. The lowest BCUT2D eigenvalue weighted by Gasteiger charge is -2.26. The Balaban J connectivity index is 1.03. The molecule has 10 aromatic rings. The largest absolute Gasteiger partial charge is 0.455 e. The van der Waals surface area contributed by atoms with Crippen molar-refractivity contribution in [3.05, 3.63) is 200 Å². The van der Waals surface area contributed by atoms with E-state index in [1.54, 1.807) is 0 Å². The van der Waals surface area contributed by atoms with Crippen LogP contribution in [0.2, 0.25) is 0 Å². The van der Waals surface area contributed by atoms with Crippen LogP contribution in [0.15, 0.2) is 205 Å². The van der Waals surface area contributed by atoms with Crippen molar-refractivity contribution in [3.8, 4) is 33.4 Å². The van der Waals surface area contributed by atoms with Crippen molar-refractivity contribution in [1.29, 1.82) is 0 Å². The summed E-state index contributed by atoms with van der Waals surface area (Å²) in [7, 11) is 0. The van der Waals surface area contributed by atoms with Crippen LogP contribution < -0.4 is 4.90 Å². The molecule has 0 bridgehead atoms. The van der Waals surface area contributed by atoms with E-state index in [-0.39, 0.29) is 0 Å². The summed E-state index contributed by atoms with van der Waals surface area (Å²) >= 11 is 0. The van der Waals surface area contributed by atoms with Crippen LogP contribution in [0.3, 0.4) is 0 Å². The lowest BCUT2D eigenvalue weighted by atomic mass is 9.96. The van der Waals surface area contributed by atoms with Crippen molar-refractivity contribution in [3.63, 3.8) is 0 Å². The average Bonchev–Trinajstić information content (AvgIpc) is 3.61. The van der Waals surface area contributed by atoms with E-state index in [0.29, 0.717) is 0 Å². The molecule has 10 rings (SSSR count). The third-order valence-corrected chi connectivity index (χ3v) is 10.3. The van der Waals surface area contributed by atoms with E-state index in [9.17, 15) is 0 Å². The molecule has 0 atom stereocenters. The smallest absolute Gasteiger partial charge is 0.143 e. The number of nitrogens with zero attached hydrogens (tertiary/aromatic N) is 1. The Labute approximate surface area is 302 Å². The highest BCUT2D eigenvalue weighted by molar-refractivity contribution is 6.23. The fraction of sp³-hybridized carbons (Fsp3) is 0. The quantitative estimate of drug-likeness (QED) is 0.165. The van der Waals surface area contributed by atoms with Crippen LogP contribution in [0.25, 0.3) is 76.9 Å². The molecule has 0 fully saturated rings. The monoisotopic (exact) mass is 663 g/mol. The Morgan fingerprint density at radius 3 is 1.35 bits per heavy atom. The summed E-state index contributed by atoms with van der Waals surface area (Å²) in [5.41, 5.74) is 12.4. The SMILES string of the molecule is c1ccc(-c2ccc(N(c3ccc(-c4ccccc4)cc3)c3ccc(-c4ccc5c(ccc6ccc7c8ccccc8oc7c65)c4)cc3)cc2)cc1. The molecule has 0 N–H and O–H groups in total.